The van der Waals surface area contributed by atoms with Gasteiger partial charge in [-0.2, -0.15) is 0 Å². The number of aryl methyl sites for hydroxylation is 1. The second-order valence-corrected chi connectivity index (χ2v) is 9.78. The number of carbonyl (C=O) groups excluding carboxylic acids is 3. The number of carbonyl (C=O) groups is 3. The Labute approximate surface area is 216 Å². The van der Waals surface area contributed by atoms with Gasteiger partial charge in [0.25, 0.3) is 5.78 Å². The molecule has 2 aliphatic rings. The molecule has 10 heteroatoms. The van der Waals surface area contributed by atoms with Gasteiger partial charge < -0.3 is 19.3 Å². The summed E-state index contributed by atoms with van der Waals surface area (Å²) in [4.78, 5) is 44.9. The summed E-state index contributed by atoms with van der Waals surface area (Å²) in [6, 6.07) is 11.1. The average molecular weight is 521 g/mol. The summed E-state index contributed by atoms with van der Waals surface area (Å²) < 4.78 is 15.9. The third-order valence-electron chi connectivity index (χ3n) is 6.39. The van der Waals surface area contributed by atoms with E-state index in [2.05, 4.69) is 4.98 Å². The van der Waals surface area contributed by atoms with Gasteiger partial charge in [0.1, 0.15) is 28.2 Å². The highest BCUT2D eigenvalue weighted by Gasteiger charge is 2.48. The number of methoxy groups -OCH3 is 2. The first-order valence-corrected chi connectivity index (χ1v) is 12.4. The van der Waals surface area contributed by atoms with Crippen LogP contribution in [-0.4, -0.2) is 48.1 Å². The molecule has 1 saturated heterocycles. The van der Waals surface area contributed by atoms with Crippen LogP contribution in [0.25, 0.3) is 5.76 Å². The van der Waals surface area contributed by atoms with Crippen molar-refractivity contribution < 1.29 is 33.7 Å². The Bertz CT molecular complexity index is 1480. The number of ether oxygens (including phenoxy) is 3. The van der Waals surface area contributed by atoms with Gasteiger partial charge in [-0.15, -0.1) is 0 Å². The first-order valence-electron chi connectivity index (χ1n) is 11.5. The number of thiazole rings is 1. The van der Waals surface area contributed by atoms with Gasteiger partial charge in [0, 0.05) is 12.0 Å². The number of esters is 1. The second-order valence-electron chi connectivity index (χ2n) is 8.80. The fraction of sp³-hybridized carbons (Fsp3) is 0.259. The van der Waals surface area contributed by atoms with Crippen molar-refractivity contribution in [2.75, 3.05) is 19.1 Å². The summed E-state index contributed by atoms with van der Waals surface area (Å²) in [5, 5.41) is 11.6. The molecule has 1 aromatic heterocycles. The van der Waals surface area contributed by atoms with Crippen LogP contribution in [0.3, 0.4) is 0 Å². The van der Waals surface area contributed by atoms with Crippen molar-refractivity contribution in [3.8, 4) is 11.5 Å². The lowest BCUT2D eigenvalue weighted by atomic mass is 9.94. The summed E-state index contributed by atoms with van der Waals surface area (Å²) in [5.74, 6) is -1.39. The molecule has 0 radical (unpaired) electrons. The van der Waals surface area contributed by atoms with Gasteiger partial charge in [0.15, 0.2) is 5.13 Å². The summed E-state index contributed by atoms with van der Waals surface area (Å²) >= 11 is 0.945. The molecule has 2 aliphatic heterocycles. The first-order chi connectivity index (χ1) is 17.7. The fourth-order valence-electron chi connectivity index (χ4n) is 4.65. The van der Waals surface area contributed by atoms with E-state index < -0.39 is 23.7 Å². The third kappa shape index (κ3) is 4.13. The molecule has 3 heterocycles. The van der Waals surface area contributed by atoms with E-state index in [0.717, 1.165) is 22.6 Å². The molecule has 3 aromatic rings. The molecule has 1 fully saturated rings. The number of rotatable bonds is 5. The topological polar surface area (TPSA) is 115 Å². The highest BCUT2D eigenvalue weighted by molar-refractivity contribution is 7.17. The number of anilines is 1. The highest BCUT2D eigenvalue weighted by Crippen LogP contribution is 2.45. The van der Waals surface area contributed by atoms with Gasteiger partial charge in [-0.1, -0.05) is 23.5 Å². The van der Waals surface area contributed by atoms with E-state index >= 15 is 0 Å². The van der Waals surface area contributed by atoms with Gasteiger partial charge in [-0.05, 0) is 55.3 Å². The Morgan fingerprint density at radius 3 is 2.70 bits per heavy atom. The Balaban J connectivity index is 1.69. The molecule has 1 N–H and O–H groups in total. The number of benzene rings is 2. The van der Waals surface area contributed by atoms with E-state index in [4.69, 9.17) is 14.2 Å². The van der Waals surface area contributed by atoms with Crippen molar-refractivity contribution in [2.45, 2.75) is 32.4 Å². The number of hydrogen-bond acceptors (Lipinski definition) is 9. The molecule has 0 spiro atoms. The van der Waals surface area contributed by atoms with Crippen LogP contribution >= 0.6 is 11.3 Å². The minimum Gasteiger partial charge on any atom is -0.507 e. The Morgan fingerprint density at radius 2 is 1.97 bits per heavy atom. The smallest absolute Gasteiger partial charge is 0.350 e. The first kappa shape index (κ1) is 24.5. The van der Waals surface area contributed by atoms with E-state index in [1.807, 2.05) is 6.92 Å². The van der Waals surface area contributed by atoms with Crippen molar-refractivity contribution in [3.63, 3.8) is 0 Å². The van der Waals surface area contributed by atoms with E-state index in [-0.39, 0.29) is 27.4 Å². The van der Waals surface area contributed by atoms with E-state index in [9.17, 15) is 19.5 Å². The van der Waals surface area contributed by atoms with Crippen LogP contribution in [0.1, 0.15) is 45.0 Å². The monoisotopic (exact) mass is 520 g/mol. The molecular weight excluding hydrogens is 496 g/mol. The maximum Gasteiger partial charge on any atom is 0.350 e. The molecule has 0 bridgehead atoms. The van der Waals surface area contributed by atoms with E-state index in [1.165, 1.54) is 19.1 Å². The standard InChI is InChI=1S/C27H24N2O7S/c1-13-10-17-11-16(8-9-19(17)36-13)22(30)20-21(15-6-5-7-18(12-15)34-3)29(25(32)23(20)31)27-28-14(2)24(37-27)26(33)35-4/h5-9,11-13,21,30H,10H2,1-4H3/b22-20+. The second kappa shape index (κ2) is 9.36. The molecule has 9 nitrogen and oxygen atoms in total. The van der Waals surface area contributed by atoms with Gasteiger partial charge in [-0.25, -0.2) is 9.78 Å². The normalized spacial score (nSPS) is 20.1. The molecule has 2 unspecified atom stereocenters. The van der Waals surface area contributed by atoms with Crippen molar-refractivity contribution >= 4 is 39.9 Å². The van der Waals surface area contributed by atoms with Crippen molar-refractivity contribution in [1.29, 1.82) is 0 Å². The molecule has 1 amide bonds. The van der Waals surface area contributed by atoms with Crippen molar-refractivity contribution in [3.05, 3.63) is 75.3 Å². The van der Waals surface area contributed by atoms with Crippen molar-refractivity contribution in [2.24, 2.45) is 0 Å². The van der Waals surface area contributed by atoms with Gasteiger partial charge in [-0.3, -0.25) is 14.5 Å². The average Bonchev–Trinajstić information content (AvgIpc) is 3.55. The number of nitrogens with zero attached hydrogens (tertiary/aromatic N) is 2. The minimum absolute atomic E-state index is 0.00640. The molecule has 0 aliphatic carbocycles. The zero-order valence-corrected chi connectivity index (χ0v) is 21.4. The van der Waals surface area contributed by atoms with Crippen LogP contribution in [0.2, 0.25) is 0 Å². The Kier molecular flexibility index (Phi) is 6.20. The fourth-order valence-corrected chi connectivity index (χ4v) is 5.66. The number of aliphatic hydroxyl groups is 1. The van der Waals surface area contributed by atoms with Gasteiger partial charge in [0.05, 0.1) is 31.5 Å². The molecular formula is C27H24N2O7S. The maximum atomic E-state index is 13.4. The SMILES string of the molecule is COC(=O)c1sc(N2C(=O)C(=O)/C(=C(/O)c3ccc4c(c3)CC(C)O4)C2c2cccc(OC)c2)nc1C. The minimum atomic E-state index is -1.01. The predicted octanol–water partition coefficient (Wildman–Crippen LogP) is 4.20. The van der Waals surface area contributed by atoms with E-state index in [0.29, 0.717) is 29.0 Å². The summed E-state index contributed by atoms with van der Waals surface area (Å²) in [6.45, 7) is 3.57. The number of Topliss-reactive ketones (excluding diaryl/α,β-unsaturated/α-hetero) is 1. The van der Waals surface area contributed by atoms with Crippen LogP contribution in [-0.2, 0) is 20.7 Å². The number of ketones is 1. The quantitative estimate of drug-likeness (QED) is 0.230. The largest absolute Gasteiger partial charge is 0.507 e. The molecule has 0 saturated carbocycles. The zero-order chi connectivity index (χ0) is 26.4. The lowest BCUT2D eigenvalue weighted by Crippen LogP contribution is -2.29. The van der Waals surface area contributed by atoms with E-state index in [1.54, 1.807) is 49.4 Å². The molecule has 37 heavy (non-hydrogen) atoms. The summed E-state index contributed by atoms with van der Waals surface area (Å²) in [5.41, 5.74) is 2.11. The maximum absolute atomic E-state index is 13.4. The number of amides is 1. The number of hydrogen-bond donors (Lipinski definition) is 1. The predicted molar refractivity (Wildman–Crippen MR) is 136 cm³/mol. The third-order valence-corrected chi connectivity index (χ3v) is 7.52. The molecule has 5 rings (SSSR count). The molecule has 190 valence electrons. The number of aromatic nitrogens is 1. The zero-order valence-electron chi connectivity index (χ0n) is 20.6. The summed E-state index contributed by atoms with van der Waals surface area (Å²) in [6.07, 6.45) is 0.672. The van der Waals surface area contributed by atoms with Gasteiger partial charge in [0.2, 0.25) is 0 Å². The van der Waals surface area contributed by atoms with Gasteiger partial charge >= 0.3 is 11.9 Å². The van der Waals surface area contributed by atoms with Crippen LogP contribution in [0.4, 0.5) is 5.13 Å². The van der Waals surface area contributed by atoms with Crippen LogP contribution in [0.15, 0.2) is 48.0 Å². The summed E-state index contributed by atoms with van der Waals surface area (Å²) in [7, 11) is 2.77. The number of fused-ring (bicyclic) bond motifs is 1. The van der Waals surface area contributed by atoms with Crippen molar-refractivity contribution in [1.82, 2.24) is 4.98 Å². The van der Waals surface area contributed by atoms with Crippen LogP contribution < -0.4 is 14.4 Å². The lowest BCUT2D eigenvalue weighted by molar-refractivity contribution is -0.132. The Hall–Kier alpha value is -4.18. The molecule has 2 atom stereocenters. The number of aliphatic hydroxyl groups excluding tert-OH is 1. The lowest BCUT2D eigenvalue weighted by Gasteiger charge is -2.23. The van der Waals surface area contributed by atoms with Crippen LogP contribution in [0, 0.1) is 6.92 Å². The van der Waals surface area contributed by atoms with Crippen LogP contribution in [0.5, 0.6) is 11.5 Å². The molecule has 2 aromatic carbocycles. The highest BCUT2D eigenvalue weighted by atomic mass is 32.1. The Morgan fingerprint density at radius 1 is 1.19 bits per heavy atom.